The molecule has 4 nitrogen and oxygen atoms in total. The number of amides is 2. The highest BCUT2D eigenvalue weighted by atomic mass is 19.1. The molecule has 0 aliphatic rings. The lowest BCUT2D eigenvalue weighted by Gasteiger charge is -2.31. The molecular formula is C18H27FN2O2. The smallest absolute Gasteiger partial charge is 0.242 e. The minimum absolute atomic E-state index is 0.0756. The second-order valence-electron chi connectivity index (χ2n) is 6.81. The van der Waals surface area contributed by atoms with Crippen LogP contribution in [0.25, 0.3) is 0 Å². The molecule has 0 aromatic heterocycles. The first-order valence-corrected chi connectivity index (χ1v) is 8.00. The Morgan fingerprint density at radius 1 is 1.22 bits per heavy atom. The molecule has 5 heteroatoms. The molecule has 128 valence electrons. The van der Waals surface area contributed by atoms with Crippen LogP contribution in [0.3, 0.4) is 0 Å². The lowest BCUT2D eigenvalue weighted by Crippen LogP contribution is -2.52. The standard InChI is InChI=1S/C18H27FN2O2/c1-6-7-16(22)21(12-14-8-10-15(19)11-9-14)13(2)17(23)20-18(3,4)5/h8-11,13H,6-7,12H2,1-5H3,(H,20,23)/t13-/m1/s1. The van der Waals surface area contributed by atoms with Crippen molar-refractivity contribution in [2.24, 2.45) is 0 Å². The summed E-state index contributed by atoms with van der Waals surface area (Å²) in [4.78, 5) is 26.3. The number of hydrogen-bond donors (Lipinski definition) is 1. The quantitative estimate of drug-likeness (QED) is 0.874. The number of halogens is 1. The van der Waals surface area contributed by atoms with E-state index >= 15 is 0 Å². The molecule has 0 spiro atoms. The summed E-state index contributed by atoms with van der Waals surface area (Å²) in [5.74, 6) is -0.587. The van der Waals surface area contributed by atoms with Crippen LogP contribution in [0.15, 0.2) is 24.3 Å². The fraction of sp³-hybridized carbons (Fsp3) is 0.556. The molecule has 2 amide bonds. The minimum atomic E-state index is -0.585. The molecule has 23 heavy (non-hydrogen) atoms. The molecule has 1 rings (SSSR count). The lowest BCUT2D eigenvalue weighted by molar-refractivity contribution is -0.141. The van der Waals surface area contributed by atoms with E-state index in [9.17, 15) is 14.0 Å². The third kappa shape index (κ3) is 6.38. The fourth-order valence-electron chi connectivity index (χ4n) is 2.20. The Labute approximate surface area is 138 Å². The van der Waals surface area contributed by atoms with Crippen molar-refractivity contribution < 1.29 is 14.0 Å². The molecule has 0 radical (unpaired) electrons. The predicted molar refractivity (Wildman–Crippen MR) is 89.2 cm³/mol. The Hall–Kier alpha value is -1.91. The van der Waals surface area contributed by atoms with E-state index in [2.05, 4.69) is 5.32 Å². The van der Waals surface area contributed by atoms with Gasteiger partial charge in [-0.25, -0.2) is 4.39 Å². The minimum Gasteiger partial charge on any atom is -0.350 e. The van der Waals surface area contributed by atoms with Gasteiger partial charge in [0.1, 0.15) is 11.9 Å². The van der Waals surface area contributed by atoms with Gasteiger partial charge < -0.3 is 10.2 Å². The Balaban J connectivity index is 2.93. The van der Waals surface area contributed by atoms with E-state index in [1.165, 1.54) is 12.1 Å². The maximum absolute atomic E-state index is 13.0. The van der Waals surface area contributed by atoms with Gasteiger partial charge in [0.15, 0.2) is 0 Å². The van der Waals surface area contributed by atoms with Gasteiger partial charge in [-0.05, 0) is 51.8 Å². The molecule has 0 saturated heterocycles. The molecule has 0 aliphatic heterocycles. The number of benzene rings is 1. The third-order valence-corrected chi connectivity index (χ3v) is 3.40. The number of carbonyl (C=O) groups excluding carboxylic acids is 2. The predicted octanol–water partition coefficient (Wildman–Crippen LogP) is 3.26. The number of hydrogen-bond acceptors (Lipinski definition) is 2. The number of nitrogens with one attached hydrogen (secondary N) is 1. The van der Waals surface area contributed by atoms with E-state index in [1.807, 2.05) is 27.7 Å². The highest BCUT2D eigenvalue weighted by Crippen LogP contribution is 2.13. The monoisotopic (exact) mass is 322 g/mol. The van der Waals surface area contributed by atoms with Crippen LogP contribution in [0.5, 0.6) is 0 Å². The van der Waals surface area contributed by atoms with E-state index in [0.717, 1.165) is 5.56 Å². The number of carbonyl (C=O) groups is 2. The van der Waals surface area contributed by atoms with E-state index in [4.69, 9.17) is 0 Å². The largest absolute Gasteiger partial charge is 0.350 e. The topological polar surface area (TPSA) is 49.4 Å². The maximum Gasteiger partial charge on any atom is 0.242 e. The summed E-state index contributed by atoms with van der Waals surface area (Å²) in [6.45, 7) is 9.63. The van der Waals surface area contributed by atoms with Crippen molar-refractivity contribution in [1.82, 2.24) is 10.2 Å². The van der Waals surface area contributed by atoms with Crippen molar-refractivity contribution in [1.29, 1.82) is 0 Å². The van der Waals surface area contributed by atoms with Crippen molar-refractivity contribution in [3.8, 4) is 0 Å². The summed E-state index contributed by atoms with van der Waals surface area (Å²) in [7, 11) is 0. The molecule has 1 N–H and O–H groups in total. The second-order valence-corrected chi connectivity index (χ2v) is 6.81. The first-order valence-electron chi connectivity index (χ1n) is 8.00. The van der Waals surface area contributed by atoms with Gasteiger partial charge in [0.25, 0.3) is 0 Å². The molecule has 1 aromatic carbocycles. The highest BCUT2D eigenvalue weighted by Gasteiger charge is 2.27. The summed E-state index contributed by atoms with van der Waals surface area (Å²) in [6, 6.07) is 5.40. The highest BCUT2D eigenvalue weighted by molar-refractivity contribution is 5.87. The van der Waals surface area contributed by atoms with Crippen LogP contribution in [0.1, 0.15) is 53.0 Å². The van der Waals surface area contributed by atoms with Gasteiger partial charge in [0, 0.05) is 18.5 Å². The average Bonchev–Trinajstić information content (AvgIpc) is 2.44. The maximum atomic E-state index is 13.0. The van der Waals surface area contributed by atoms with Crippen LogP contribution >= 0.6 is 0 Å². The molecule has 0 unspecified atom stereocenters. The van der Waals surface area contributed by atoms with Crippen LogP contribution in [0.2, 0.25) is 0 Å². The Morgan fingerprint density at radius 2 is 1.78 bits per heavy atom. The average molecular weight is 322 g/mol. The van der Waals surface area contributed by atoms with Crippen molar-refractivity contribution in [3.63, 3.8) is 0 Å². The molecule has 0 bridgehead atoms. The second kappa shape index (κ2) is 8.09. The van der Waals surface area contributed by atoms with E-state index in [1.54, 1.807) is 24.0 Å². The Bertz CT molecular complexity index is 535. The Morgan fingerprint density at radius 3 is 2.26 bits per heavy atom. The van der Waals surface area contributed by atoms with Gasteiger partial charge in [0.05, 0.1) is 0 Å². The van der Waals surface area contributed by atoms with Crippen molar-refractivity contribution in [2.45, 2.75) is 65.6 Å². The van der Waals surface area contributed by atoms with E-state index in [-0.39, 0.29) is 29.7 Å². The normalized spacial score (nSPS) is 12.6. The number of nitrogens with zero attached hydrogens (tertiary/aromatic N) is 1. The zero-order valence-corrected chi connectivity index (χ0v) is 14.6. The van der Waals surface area contributed by atoms with Gasteiger partial charge in [-0.3, -0.25) is 9.59 Å². The van der Waals surface area contributed by atoms with E-state index < -0.39 is 6.04 Å². The van der Waals surface area contributed by atoms with Gasteiger partial charge >= 0.3 is 0 Å². The van der Waals surface area contributed by atoms with Crippen LogP contribution < -0.4 is 5.32 Å². The fourth-order valence-corrected chi connectivity index (χ4v) is 2.20. The van der Waals surface area contributed by atoms with Crippen LogP contribution in [-0.2, 0) is 16.1 Å². The lowest BCUT2D eigenvalue weighted by atomic mass is 10.1. The molecule has 0 saturated carbocycles. The summed E-state index contributed by atoms with van der Waals surface area (Å²) in [6.07, 6.45) is 1.10. The van der Waals surface area contributed by atoms with Crippen LogP contribution in [-0.4, -0.2) is 28.3 Å². The van der Waals surface area contributed by atoms with E-state index in [0.29, 0.717) is 12.8 Å². The summed E-state index contributed by atoms with van der Waals surface area (Å²) in [5.41, 5.74) is 0.437. The van der Waals surface area contributed by atoms with Crippen molar-refractivity contribution >= 4 is 11.8 Å². The molecule has 0 fully saturated rings. The summed E-state index contributed by atoms with van der Waals surface area (Å²) in [5, 5.41) is 2.90. The summed E-state index contributed by atoms with van der Waals surface area (Å²) >= 11 is 0. The molecule has 1 atom stereocenters. The first kappa shape index (κ1) is 19.1. The zero-order valence-electron chi connectivity index (χ0n) is 14.6. The number of rotatable bonds is 6. The van der Waals surface area contributed by atoms with Crippen LogP contribution in [0, 0.1) is 5.82 Å². The molecular weight excluding hydrogens is 295 g/mol. The SMILES string of the molecule is CCCC(=O)N(Cc1ccc(F)cc1)[C@H](C)C(=O)NC(C)(C)C. The molecule has 0 heterocycles. The summed E-state index contributed by atoms with van der Waals surface area (Å²) < 4.78 is 13.0. The van der Waals surface area contributed by atoms with Gasteiger partial charge in [-0.1, -0.05) is 19.1 Å². The molecule has 0 aliphatic carbocycles. The molecule has 1 aromatic rings. The van der Waals surface area contributed by atoms with Crippen molar-refractivity contribution in [2.75, 3.05) is 0 Å². The Kier molecular flexibility index (Phi) is 6.73. The first-order chi connectivity index (χ1) is 10.6. The van der Waals surface area contributed by atoms with Crippen LogP contribution in [0.4, 0.5) is 4.39 Å². The van der Waals surface area contributed by atoms with Gasteiger partial charge in [-0.15, -0.1) is 0 Å². The van der Waals surface area contributed by atoms with Gasteiger partial charge in [-0.2, -0.15) is 0 Å². The van der Waals surface area contributed by atoms with Crippen molar-refractivity contribution in [3.05, 3.63) is 35.6 Å². The zero-order chi connectivity index (χ0) is 17.6. The third-order valence-electron chi connectivity index (χ3n) is 3.40. The van der Waals surface area contributed by atoms with Gasteiger partial charge in [0.2, 0.25) is 11.8 Å².